The second-order valence-corrected chi connectivity index (χ2v) is 13.6. The summed E-state index contributed by atoms with van der Waals surface area (Å²) < 4.78 is 6.13. The number of nitrogens with one attached hydrogen (secondary N) is 1. The molecule has 0 aromatic heterocycles. The van der Waals surface area contributed by atoms with Crippen LogP contribution in [0.25, 0.3) is 0 Å². The van der Waals surface area contributed by atoms with Gasteiger partial charge in [0.15, 0.2) is 0 Å². The molecule has 2 bridgehead atoms. The molecule has 0 radical (unpaired) electrons. The third kappa shape index (κ3) is 5.47. The highest BCUT2D eigenvalue weighted by molar-refractivity contribution is 5.92. The van der Waals surface area contributed by atoms with E-state index in [4.69, 9.17) is 4.74 Å². The van der Waals surface area contributed by atoms with Crippen LogP contribution in [0, 0.1) is 32.5 Å². The van der Waals surface area contributed by atoms with E-state index in [1.807, 2.05) is 0 Å². The Morgan fingerprint density at radius 2 is 1.76 bits per heavy atom. The summed E-state index contributed by atoms with van der Waals surface area (Å²) in [6, 6.07) is 2.40. The van der Waals surface area contributed by atoms with Gasteiger partial charge in [-0.2, -0.15) is 0 Å². The average molecular weight is 583 g/mol. The molecular weight excluding hydrogens is 540 g/mol. The van der Waals surface area contributed by atoms with Crippen LogP contribution in [0.2, 0.25) is 0 Å². The molecule has 1 aliphatic heterocycles. The first-order valence-electron chi connectivity index (χ1n) is 15.3. The van der Waals surface area contributed by atoms with Crippen molar-refractivity contribution in [1.82, 2.24) is 10.2 Å². The van der Waals surface area contributed by atoms with Gasteiger partial charge in [-0.1, -0.05) is 46.1 Å². The summed E-state index contributed by atoms with van der Waals surface area (Å²) in [5, 5.41) is 19.1. The molecular formula is C31H42N4O7. The molecule has 42 heavy (non-hydrogen) atoms. The van der Waals surface area contributed by atoms with Crippen LogP contribution in [-0.2, 0) is 25.5 Å². The fourth-order valence-corrected chi connectivity index (χ4v) is 8.07. The zero-order valence-corrected chi connectivity index (χ0v) is 24.7. The summed E-state index contributed by atoms with van der Waals surface area (Å²) in [6.45, 7) is 6.68. The van der Waals surface area contributed by atoms with Gasteiger partial charge in [-0.15, -0.1) is 9.81 Å². The number of aliphatic hydroxyl groups excluding tert-OH is 1. The van der Waals surface area contributed by atoms with Gasteiger partial charge in [-0.05, 0) is 77.4 Å². The molecule has 1 aromatic carbocycles. The zero-order valence-electron chi connectivity index (χ0n) is 24.7. The van der Waals surface area contributed by atoms with E-state index in [2.05, 4.69) is 36.4 Å². The molecule has 4 fully saturated rings. The molecule has 5 rings (SSSR count). The first kappa shape index (κ1) is 30.3. The van der Waals surface area contributed by atoms with Crippen molar-refractivity contribution in [1.29, 1.82) is 0 Å². The molecule has 2 N–H and O–H groups in total. The monoisotopic (exact) mass is 582 g/mol. The number of hydrogen-bond donors (Lipinski definition) is 2. The molecule has 1 heterocycles. The molecule has 11 nitrogen and oxygen atoms in total. The fraction of sp³-hybridized carbons (Fsp3) is 0.710. The van der Waals surface area contributed by atoms with E-state index in [0.29, 0.717) is 11.5 Å². The second-order valence-electron chi connectivity index (χ2n) is 13.6. The number of nitrogens with zero attached hydrogens (tertiary/aromatic N) is 3. The predicted molar refractivity (Wildman–Crippen MR) is 155 cm³/mol. The van der Waals surface area contributed by atoms with E-state index in [9.17, 15) is 29.3 Å². The molecule has 228 valence electrons. The summed E-state index contributed by atoms with van der Waals surface area (Å²) in [7, 11) is 0. The number of carbonyl (C=O) groups excluding carboxylic acids is 3. The van der Waals surface area contributed by atoms with E-state index in [1.165, 1.54) is 23.1 Å². The average Bonchev–Trinajstić information content (AvgIpc) is 3.54. The summed E-state index contributed by atoms with van der Waals surface area (Å²) in [6.07, 6.45) is 6.25. The number of amides is 2. The molecule has 6 atom stereocenters. The predicted octanol–water partition coefficient (Wildman–Crippen LogP) is 4.81. The fourth-order valence-electron chi connectivity index (χ4n) is 8.07. The van der Waals surface area contributed by atoms with E-state index in [0.717, 1.165) is 51.4 Å². The minimum Gasteiger partial charge on any atom is -0.460 e. The lowest BCUT2D eigenvalue weighted by Crippen LogP contribution is -2.55. The third-order valence-electron chi connectivity index (χ3n) is 11.1. The highest BCUT2D eigenvalue weighted by Crippen LogP contribution is 2.66. The molecule has 11 heteroatoms. The van der Waals surface area contributed by atoms with Crippen LogP contribution in [0.3, 0.4) is 0 Å². The van der Waals surface area contributed by atoms with Gasteiger partial charge in [-0.3, -0.25) is 9.59 Å². The Morgan fingerprint density at radius 1 is 1.05 bits per heavy atom. The van der Waals surface area contributed by atoms with Gasteiger partial charge >= 0.3 is 5.97 Å². The van der Waals surface area contributed by atoms with E-state index < -0.39 is 30.1 Å². The van der Waals surface area contributed by atoms with Crippen LogP contribution in [0.1, 0.15) is 84.1 Å². The molecule has 0 spiro atoms. The molecule has 6 unspecified atom stereocenters. The number of carbonyl (C=O) groups is 3. The number of ether oxygens (including phenoxy) is 1. The van der Waals surface area contributed by atoms with E-state index in [1.54, 1.807) is 0 Å². The number of likely N-dealkylation sites (tertiary alicyclic amines) is 1. The van der Waals surface area contributed by atoms with E-state index in [-0.39, 0.29) is 59.5 Å². The molecule has 4 aliphatic rings. The Morgan fingerprint density at radius 3 is 2.38 bits per heavy atom. The Kier molecular flexibility index (Phi) is 8.51. The van der Waals surface area contributed by atoms with Crippen molar-refractivity contribution in [2.45, 2.75) is 109 Å². The van der Waals surface area contributed by atoms with Crippen LogP contribution in [0.15, 0.2) is 28.6 Å². The first-order chi connectivity index (χ1) is 20.0. The Labute approximate surface area is 246 Å². The van der Waals surface area contributed by atoms with Crippen molar-refractivity contribution in [3.05, 3.63) is 33.6 Å². The number of esters is 1. The number of fused-ring (bicyclic) bond motifs is 2. The maximum Gasteiger partial charge on any atom is 0.329 e. The van der Waals surface area contributed by atoms with Crippen molar-refractivity contribution in [3.63, 3.8) is 0 Å². The minimum atomic E-state index is -0.911. The lowest BCUT2D eigenvalue weighted by molar-refractivity contribution is -0.165. The number of aliphatic hydroxyl groups is 1. The van der Waals surface area contributed by atoms with Gasteiger partial charge in [0.25, 0.3) is 0 Å². The van der Waals surface area contributed by atoms with Crippen LogP contribution in [-0.4, -0.2) is 58.6 Å². The second kappa shape index (κ2) is 11.8. The van der Waals surface area contributed by atoms with E-state index >= 15 is 0 Å². The Hall–Kier alpha value is -3.21. The Balaban J connectivity index is 1.31. The minimum absolute atomic E-state index is 0.00225. The van der Waals surface area contributed by atoms with Crippen molar-refractivity contribution in [2.24, 2.45) is 33.0 Å². The van der Waals surface area contributed by atoms with Gasteiger partial charge in [0.05, 0.1) is 12.5 Å². The number of nitroso groups, excluding NO2 is 2. The molecule has 3 saturated carbocycles. The summed E-state index contributed by atoms with van der Waals surface area (Å²) in [5.74, 6) is -0.922. The van der Waals surface area contributed by atoms with Gasteiger partial charge in [0.1, 0.15) is 29.6 Å². The van der Waals surface area contributed by atoms with Gasteiger partial charge in [0, 0.05) is 18.4 Å². The molecule has 1 aromatic rings. The van der Waals surface area contributed by atoms with Crippen molar-refractivity contribution >= 4 is 29.2 Å². The quantitative estimate of drug-likeness (QED) is 0.313. The van der Waals surface area contributed by atoms with Gasteiger partial charge < -0.3 is 20.1 Å². The normalized spacial score (nSPS) is 31.0. The maximum absolute atomic E-state index is 14.1. The first-order valence-corrected chi connectivity index (χ1v) is 15.3. The molecule has 3 aliphatic carbocycles. The summed E-state index contributed by atoms with van der Waals surface area (Å²) in [4.78, 5) is 64.3. The van der Waals surface area contributed by atoms with Crippen molar-refractivity contribution in [3.8, 4) is 0 Å². The maximum atomic E-state index is 14.1. The van der Waals surface area contributed by atoms with Crippen LogP contribution >= 0.6 is 0 Å². The lowest BCUT2D eigenvalue weighted by atomic mass is 9.70. The molecule has 2 amide bonds. The van der Waals surface area contributed by atoms with Crippen molar-refractivity contribution < 1.29 is 24.2 Å². The standard InChI is InChI=1S/C31H42N4O7/c1-30(2)20-11-12-31(30,3)25(15-20)42-29(39)24-16-21(36)17-35(24)28(38)27(19-7-5-4-6-8-19)32-26(37)14-18-9-10-22(33-40)23(13-18)34-41/h9-10,13,19-21,24-25,27,36H,4-8,11-12,14-17H2,1-3H3,(H,32,37). The summed E-state index contributed by atoms with van der Waals surface area (Å²) in [5.41, 5.74) is 0.112. The van der Waals surface area contributed by atoms with Crippen LogP contribution in [0.4, 0.5) is 11.4 Å². The molecule has 1 saturated heterocycles. The largest absolute Gasteiger partial charge is 0.460 e. The van der Waals surface area contributed by atoms with Crippen molar-refractivity contribution in [2.75, 3.05) is 6.54 Å². The highest BCUT2D eigenvalue weighted by Gasteiger charge is 2.63. The van der Waals surface area contributed by atoms with Gasteiger partial charge in [0.2, 0.25) is 11.8 Å². The smallest absolute Gasteiger partial charge is 0.329 e. The topological polar surface area (TPSA) is 155 Å². The number of benzene rings is 1. The number of hydrogen-bond acceptors (Lipinski definition) is 9. The van der Waals surface area contributed by atoms with Crippen LogP contribution < -0.4 is 5.32 Å². The van der Waals surface area contributed by atoms with Crippen LogP contribution in [0.5, 0.6) is 0 Å². The lowest BCUT2D eigenvalue weighted by Gasteiger charge is -2.39. The Bertz CT molecular complexity index is 1250. The highest BCUT2D eigenvalue weighted by atomic mass is 16.5. The third-order valence-corrected chi connectivity index (χ3v) is 11.1. The number of β-amino-alcohol motifs (C(OH)–C–C–N with tert-alkyl or cyclic N) is 1. The van der Waals surface area contributed by atoms with Gasteiger partial charge in [-0.25, -0.2) is 4.79 Å². The summed E-state index contributed by atoms with van der Waals surface area (Å²) >= 11 is 0. The zero-order chi connectivity index (χ0) is 30.2. The SMILES string of the molecule is CC1(C)C2CCC1(C)C(OC(=O)C1CC(O)CN1C(=O)C(NC(=O)Cc1ccc(N=O)c(N=O)c1)C1CCCCC1)C2. The number of rotatable bonds is 9.